The van der Waals surface area contributed by atoms with Gasteiger partial charge in [-0.05, 0) is 13.8 Å². The molecule has 128 valence electrons. The normalized spacial score (nSPS) is 11.8. The minimum absolute atomic E-state index is 0.480. The van der Waals surface area contributed by atoms with Gasteiger partial charge in [-0.1, -0.05) is 0 Å². The van der Waals surface area contributed by atoms with Gasteiger partial charge in [-0.25, -0.2) is 0 Å². The van der Waals surface area contributed by atoms with Crippen molar-refractivity contribution in [3.8, 4) is 0 Å². The average Bonchev–Trinajstić information content (AvgIpc) is 2.35. The van der Waals surface area contributed by atoms with E-state index in [1.807, 2.05) is 0 Å². The van der Waals surface area contributed by atoms with Crippen molar-refractivity contribution in [1.82, 2.24) is 0 Å². The molecule has 0 aliphatic heterocycles. The zero-order valence-electron chi connectivity index (χ0n) is 14.6. The van der Waals surface area contributed by atoms with E-state index in [0.717, 1.165) is 54.6 Å². The fraction of sp³-hybridized carbons (Fsp3) is 0.933. The Morgan fingerprint density at radius 1 is 0.955 bits per heavy atom. The monoisotopic (exact) mass is 346 g/mol. The summed E-state index contributed by atoms with van der Waals surface area (Å²) in [6.45, 7) is 4.23. The zero-order valence-corrected chi connectivity index (χ0v) is 17.4. The van der Waals surface area contributed by atoms with Crippen molar-refractivity contribution in [2.75, 3.05) is 0 Å². The van der Waals surface area contributed by atoms with Crippen LogP contribution >= 0.6 is 0 Å². The maximum atomic E-state index is 10.7. The van der Waals surface area contributed by atoms with Gasteiger partial charge in [0.2, 0.25) is 0 Å². The maximum absolute atomic E-state index is 10.7. The van der Waals surface area contributed by atoms with Crippen LogP contribution in [-0.4, -0.2) is 54.0 Å². The van der Waals surface area contributed by atoms with E-state index < -0.39 is 15.1 Å². The van der Waals surface area contributed by atoms with E-state index in [1.54, 1.807) is 0 Å². The molecule has 5 nitrogen and oxygen atoms in total. The molecule has 0 aromatic rings. The Balaban J connectivity index is 0. The van der Waals surface area contributed by atoms with Crippen molar-refractivity contribution in [2.45, 2.75) is 89.9 Å². The quantitative estimate of drug-likeness (QED) is 0.340. The molecule has 0 fully saturated rings. The van der Waals surface area contributed by atoms with Crippen molar-refractivity contribution < 1.29 is 22.9 Å². The second-order valence-electron chi connectivity index (χ2n) is 6.20. The Morgan fingerprint density at radius 2 is 1.27 bits per heavy atom. The summed E-state index contributed by atoms with van der Waals surface area (Å²) >= 11 is 0.751. The number of aliphatic hydroxyl groups is 1. The second-order valence-corrected chi connectivity index (χ2v) is 9.27. The molecule has 0 aliphatic carbocycles. The van der Waals surface area contributed by atoms with Crippen LogP contribution in [0.4, 0.5) is 0 Å². The van der Waals surface area contributed by atoms with E-state index in [0.29, 0.717) is 3.03 Å². The molecule has 2 N–H and O–H groups in total. The third kappa shape index (κ3) is 18.6. The summed E-state index contributed by atoms with van der Waals surface area (Å²) in [7, 11) is -4.28. The Bertz CT molecular complexity index is 374. The van der Waals surface area contributed by atoms with E-state index in [4.69, 9.17) is 9.66 Å². The van der Waals surface area contributed by atoms with Gasteiger partial charge >= 0.3 is 107 Å². The molecule has 0 spiro atoms. The van der Waals surface area contributed by atoms with Gasteiger partial charge in [0.05, 0.1) is 0 Å². The first-order valence-electron chi connectivity index (χ1n) is 8.21. The Hall–Kier alpha value is 0.540. The summed E-state index contributed by atoms with van der Waals surface area (Å²) in [6, 6.07) is 0. The van der Waals surface area contributed by atoms with Crippen molar-refractivity contribution in [3.63, 3.8) is 0 Å². The molecule has 0 saturated carbocycles. The Morgan fingerprint density at radius 3 is 1.55 bits per heavy atom. The molecule has 0 rings (SSSR count). The van der Waals surface area contributed by atoms with Crippen molar-refractivity contribution >= 4 is 41.1 Å². The van der Waals surface area contributed by atoms with Crippen LogP contribution in [-0.2, 0) is 14.9 Å². The molecule has 7 heteroatoms. The van der Waals surface area contributed by atoms with Crippen molar-refractivity contribution in [3.05, 3.63) is 0 Å². The minimum atomic E-state index is -4.28. The molecule has 0 aliphatic rings. The van der Waals surface area contributed by atoms with Gasteiger partial charge in [-0.15, -0.1) is 0 Å². The Labute approximate surface area is 153 Å². The fourth-order valence-corrected chi connectivity index (χ4v) is 2.04. The SMILES string of the molecule is CC(C)(O)S(=O)(=O)O.CCCCCCCCCCC[C](=O)[Na]. The summed E-state index contributed by atoms with van der Waals surface area (Å²) in [4.78, 5) is 8.68. The molecule has 0 saturated heterocycles. The van der Waals surface area contributed by atoms with Crippen LogP contribution < -0.4 is 0 Å². The predicted molar refractivity (Wildman–Crippen MR) is 90.5 cm³/mol. The number of rotatable bonds is 11. The van der Waals surface area contributed by atoms with E-state index >= 15 is 0 Å². The fourth-order valence-electron chi connectivity index (χ4n) is 1.68. The number of carbonyl (C=O) groups is 1. The van der Waals surface area contributed by atoms with Crippen LogP contribution in [0.25, 0.3) is 0 Å². The second kappa shape index (κ2) is 13.9. The number of carbonyl (C=O) groups excluding carboxylic acids is 1. The van der Waals surface area contributed by atoms with Crippen molar-refractivity contribution in [1.29, 1.82) is 0 Å². The molecule has 22 heavy (non-hydrogen) atoms. The molecular formula is C15H31NaO5S. The van der Waals surface area contributed by atoms with Crippen LogP contribution in [0.2, 0.25) is 0 Å². The molecule has 0 atom stereocenters. The standard InChI is InChI=1S/C12H23O.C3H8O4S.Na/c1-2-3-4-5-6-7-8-9-10-11-12-13;1-3(2,4)8(5,6)7;/h2-11H2,1H3;4H,1-2H3,(H,5,6,7);. The van der Waals surface area contributed by atoms with Gasteiger partial charge in [0, 0.05) is 0 Å². The van der Waals surface area contributed by atoms with E-state index in [-0.39, 0.29) is 0 Å². The molecule has 0 heterocycles. The summed E-state index contributed by atoms with van der Waals surface area (Å²) in [6.07, 6.45) is 12.9. The zero-order chi connectivity index (χ0) is 17.6. The third-order valence-electron chi connectivity index (χ3n) is 3.26. The molecule has 0 aromatic carbocycles. The average molecular weight is 346 g/mol. The van der Waals surface area contributed by atoms with Gasteiger partial charge in [0.15, 0.2) is 4.93 Å². The van der Waals surface area contributed by atoms with Crippen molar-refractivity contribution in [2.24, 2.45) is 0 Å². The molecule has 0 unspecified atom stereocenters. The number of hydrogen-bond donors (Lipinski definition) is 2. The first-order valence-corrected chi connectivity index (χ1v) is 10.6. The Kier molecular flexibility index (Phi) is 15.7. The van der Waals surface area contributed by atoms with E-state index in [1.165, 1.54) is 51.4 Å². The summed E-state index contributed by atoms with van der Waals surface area (Å²) in [5.74, 6) is 0. The first-order chi connectivity index (χ1) is 10.0. The van der Waals surface area contributed by atoms with Crippen LogP contribution in [0.3, 0.4) is 0 Å². The van der Waals surface area contributed by atoms with E-state index in [2.05, 4.69) is 6.92 Å². The summed E-state index contributed by atoms with van der Waals surface area (Å²) in [5.41, 5.74) is 0. The third-order valence-corrected chi connectivity index (χ3v) is 5.03. The van der Waals surface area contributed by atoms with Crippen LogP contribution in [0.1, 0.15) is 85.0 Å². The first kappa shape index (κ1) is 24.8. The van der Waals surface area contributed by atoms with Crippen LogP contribution in [0.5, 0.6) is 0 Å². The van der Waals surface area contributed by atoms with Crippen LogP contribution in [0, 0.1) is 0 Å². The van der Waals surface area contributed by atoms with Gasteiger partial charge in [0.25, 0.3) is 10.1 Å². The summed E-state index contributed by atoms with van der Waals surface area (Å²) < 4.78 is 28.5. The van der Waals surface area contributed by atoms with Crippen LogP contribution in [0.15, 0.2) is 0 Å². The summed E-state index contributed by atoms with van der Waals surface area (Å²) in [5, 5.41) is 8.52. The number of unbranched alkanes of at least 4 members (excludes halogenated alkanes) is 8. The van der Waals surface area contributed by atoms with Gasteiger partial charge in [-0.2, -0.15) is 8.42 Å². The predicted octanol–water partition coefficient (Wildman–Crippen LogP) is 3.21. The molecule has 0 radical (unpaired) electrons. The van der Waals surface area contributed by atoms with Gasteiger partial charge in [-0.3, -0.25) is 4.55 Å². The molecular weight excluding hydrogens is 315 g/mol. The van der Waals surface area contributed by atoms with E-state index in [9.17, 15) is 13.2 Å². The van der Waals surface area contributed by atoms with Gasteiger partial charge < -0.3 is 5.11 Å². The van der Waals surface area contributed by atoms with Gasteiger partial charge in [0.1, 0.15) is 0 Å². The molecule has 0 amide bonds. The number of hydrogen-bond acceptors (Lipinski definition) is 4. The topological polar surface area (TPSA) is 91.7 Å². The molecule has 0 bridgehead atoms. The molecule has 0 aromatic heterocycles.